The Morgan fingerprint density at radius 3 is 2.33 bits per heavy atom. The van der Waals surface area contributed by atoms with E-state index in [4.69, 9.17) is 5.73 Å². The van der Waals surface area contributed by atoms with Crippen LogP contribution < -0.4 is 11.1 Å². The molecule has 11 heteroatoms. The van der Waals surface area contributed by atoms with E-state index >= 15 is 0 Å². The molecule has 1 amide bonds. The number of phenols is 1. The van der Waals surface area contributed by atoms with Gasteiger partial charge in [-0.15, -0.1) is 0 Å². The van der Waals surface area contributed by atoms with Crippen molar-refractivity contribution < 1.29 is 39.3 Å². The van der Waals surface area contributed by atoms with Gasteiger partial charge in [-0.25, -0.2) is 0 Å². The summed E-state index contributed by atoms with van der Waals surface area (Å²) in [5.41, 5.74) is 4.19. The predicted molar refractivity (Wildman–Crippen MR) is 149 cm³/mol. The van der Waals surface area contributed by atoms with E-state index in [1.165, 1.54) is 19.0 Å². The summed E-state index contributed by atoms with van der Waals surface area (Å²) in [4.78, 5) is 68.2. The lowest BCUT2D eigenvalue weighted by molar-refractivity contribution is -0.196. The van der Waals surface area contributed by atoms with E-state index in [1.807, 2.05) is 30.3 Å². The van der Waals surface area contributed by atoms with Crippen molar-refractivity contribution in [2.24, 2.45) is 29.4 Å². The van der Waals surface area contributed by atoms with Crippen molar-refractivity contribution in [2.75, 3.05) is 20.6 Å². The van der Waals surface area contributed by atoms with Crippen molar-refractivity contribution >= 4 is 29.0 Å². The van der Waals surface area contributed by atoms with E-state index in [0.29, 0.717) is 17.7 Å². The van der Waals surface area contributed by atoms with Crippen molar-refractivity contribution in [1.29, 1.82) is 0 Å². The Labute approximate surface area is 242 Å². The molecule has 222 valence electrons. The molecule has 6 N–H and O–H groups in total. The number of aromatic hydroxyl groups is 1. The molecule has 0 aliphatic heterocycles. The highest BCUT2D eigenvalue weighted by atomic mass is 16.3. The van der Waals surface area contributed by atoms with Gasteiger partial charge in [0.05, 0.1) is 29.5 Å². The second-order valence-electron chi connectivity index (χ2n) is 11.8. The van der Waals surface area contributed by atoms with E-state index in [9.17, 15) is 39.3 Å². The molecule has 2 aromatic rings. The summed E-state index contributed by atoms with van der Waals surface area (Å²) in [6, 6.07) is 11.8. The topological polar surface area (TPSA) is 187 Å². The molecule has 3 aliphatic carbocycles. The SMILES string of the molecule is C[C@@H]1c2ccc(CNCCc3ccccc3)c(O)c2C(=O)C2C(=O)[C@@]3(O)C(=O)C(C(N)=O)C(=O)[C@H](N(C)C)[C@H]3[C@H](O)[C@H]21. The highest BCUT2D eigenvalue weighted by Crippen LogP contribution is 2.54. The molecule has 42 heavy (non-hydrogen) atoms. The molecule has 2 unspecified atom stereocenters. The molecule has 0 radical (unpaired) electrons. The second kappa shape index (κ2) is 10.8. The average Bonchev–Trinajstić information content (AvgIpc) is 2.94. The van der Waals surface area contributed by atoms with Gasteiger partial charge in [0.1, 0.15) is 5.75 Å². The number of nitrogens with zero attached hydrogens (tertiary/aromatic N) is 1. The Morgan fingerprint density at radius 2 is 1.71 bits per heavy atom. The lowest BCUT2D eigenvalue weighted by Crippen LogP contribution is -2.77. The number of rotatable bonds is 7. The third-order valence-corrected chi connectivity index (χ3v) is 9.32. The number of amides is 1. The van der Waals surface area contributed by atoms with Crippen LogP contribution in [-0.4, -0.2) is 87.6 Å². The molecule has 0 aromatic heterocycles. The first kappa shape index (κ1) is 29.7. The van der Waals surface area contributed by atoms with Crippen LogP contribution in [0.4, 0.5) is 0 Å². The fraction of sp³-hybridized carbons (Fsp3) is 0.452. The van der Waals surface area contributed by atoms with Crippen LogP contribution in [0.2, 0.25) is 0 Å². The van der Waals surface area contributed by atoms with Gasteiger partial charge in [0, 0.05) is 18.0 Å². The first-order chi connectivity index (χ1) is 19.8. The molecule has 0 saturated heterocycles. The Balaban J connectivity index is 1.51. The molecule has 5 rings (SSSR count). The first-order valence-electron chi connectivity index (χ1n) is 14.0. The van der Waals surface area contributed by atoms with Crippen LogP contribution >= 0.6 is 0 Å². The van der Waals surface area contributed by atoms with Crippen molar-refractivity contribution in [2.45, 2.75) is 43.6 Å². The predicted octanol–water partition coefficient (Wildman–Crippen LogP) is -0.269. The molecule has 0 bridgehead atoms. The van der Waals surface area contributed by atoms with Crippen molar-refractivity contribution in [3.63, 3.8) is 0 Å². The van der Waals surface area contributed by atoms with Crippen LogP contribution in [0.5, 0.6) is 5.75 Å². The van der Waals surface area contributed by atoms with E-state index in [2.05, 4.69) is 5.32 Å². The number of nitrogens with two attached hydrogens (primary N) is 1. The van der Waals surface area contributed by atoms with Gasteiger partial charge < -0.3 is 26.4 Å². The average molecular weight is 578 g/mol. The largest absolute Gasteiger partial charge is 0.507 e. The number of hydrogen-bond acceptors (Lipinski definition) is 10. The van der Waals surface area contributed by atoms with Gasteiger partial charge in [0.25, 0.3) is 0 Å². The monoisotopic (exact) mass is 577 g/mol. The summed E-state index contributed by atoms with van der Waals surface area (Å²) < 4.78 is 0. The van der Waals surface area contributed by atoms with Gasteiger partial charge in [-0.1, -0.05) is 49.4 Å². The molecule has 3 aliphatic rings. The molecule has 0 spiro atoms. The van der Waals surface area contributed by atoms with Gasteiger partial charge in [0.2, 0.25) is 5.91 Å². The van der Waals surface area contributed by atoms with E-state index in [1.54, 1.807) is 19.1 Å². The number of ketones is 4. The van der Waals surface area contributed by atoms with Gasteiger partial charge in [-0.2, -0.15) is 0 Å². The summed E-state index contributed by atoms with van der Waals surface area (Å²) in [5.74, 6) is -13.2. The van der Waals surface area contributed by atoms with Gasteiger partial charge in [0.15, 0.2) is 34.7 Å². The maximum Gasteiger partial charge on any atom is 0.235 e. The number of phenolic OH excluding ortho intramolecular Hbond substituents is 1. The zero-order valence-electron chi connectivity index (χ0n) is 23.6. The number of aliphatic hydroxyl groups excluding tert-OH is 1. The zero-order valence-corrected chi connectivity index (χ0v) is 23.6. The summed E-state index contributed by atoms with van der Waals surface area (Å²) in [6.07, 6.45) is -0.907. The molecule has 0 heterocycles. The Kier molecular flexibility index (Phi) is 7.65. The second-order valence-corrected chi connectivity index (χ2v) is 11.8. The number of Topliss-reactive ketones (excluding diaryl/α,β-unsaturated/α-hetero) is 4. The number of carbonyl (C=O) groups excluding carboxylic acids is 5. The summed E-state index contributed by atoms with van der Waals surface area (Å²) in [5, 5.41) is 37.8. The van der Waals surface area contributed by atoms with E-state index < -0.39 is 76.4 Å². The number of aliphatic hydroxyl groups is 2. The Hall–Kier alpha value is -3.77. The van der Waals surface area contributed by atoms with E-state index in [-0.39, 0.29) is 17.9 Å². The smallest absolute Gasteiger partial charge is 0.235 e. The first-order valence-corrected chi connectivity index (χ1v) is 14.0. The van der Waals surface area contributed by atoms with Gasteiger partial charge in [-0.05, 0) is 44.1 Å². The normalized spacial score (nSPS) is 32.4. The highest BCUT2D eigenvalue weighted by molar-refractivity contribution is 6.32. The lowest BCUT2D eigenvalue weighted by Gasteiger charge is -2.56. The minimum absolute atomic E-state index is 0.108. The third-order valence-electron chi connectivity index (χ3n) is 9.32. The maximum absolute atomic E-state index is 14.0. The number of likely N-dealkylation sites (N-methyl/N-ethyl adjacent to an activating group) is 1. The number of nitrogens with one attached hydrogen (secondary N) is 1. The lowest BCUT2D eigenvalue weighted by atomic mass is 9.49. The minimum Gasteiger partial charge on any atom is -0.507 e. The van der Waals surface area contributed by atoms with Crippen molar-refractivity contribution in [1.82, 2.24) is 10.2 Å². The molecule has 2 fully saturated rings. The number of hydrogen-bond donors (Lipinski definition) is 5. The molecule has 2 saturated carbocycles. The van der Waals surface area contributed by atoms with Crippen LogP contribution in [0.1, 0.15) is 39.9 Å². The Morgan fingerprint density at radius 1 is 1.05 bits per heavy atom. The molecule has 8 atom stereocenters. The molecule has 2 aromatic carbocycles. The highest BCUT2D eigenvalue weighted by Gasteiger charge is 2.72. The number of carbonyl (C=O) groups is 5. The van der Waals surface area contributed by atoms with Crippen molar-refractivity contribution in [3.05, 3.63) is 64.7 Å². The number of primary amides is 1. The van der Waals surface area contributed by atoms with E-state index in [0.717, 1.165) is 12.0 Å². The summed E-state index contributed by atoms with van der Waals surface area (Å²) in [7, 11) is 2.91. The quantitative estimate of drug-likeness (QED) is 0.217. The number of fused-ring (bicyclic) bond motifs is 3. The fourth-order valence-corrected chi connectivity index (χ4v) is 7.28. The van der Waals surface area contributed by atoms with Crippen LogP contribution in [-0.2, 0) is 32.1 Å². The molecular formula is C31H35N3O8. The van der Waals surface area contributed by atoms with Crippen LogP contribution in [0.3, 0.4) is 0 Å². The number of benzene rings is 2. The van der Waals surface area contributed by atoms with Crippen molar-refractivity contribution in [3.8, 4) is 5.75 Å². The van der Waals surface area contributed by atoms with Crippen LogP contribution in [0, 0.1) is 23.7 Å². The molecular weight excluding hydrogens is 542 g/mol. The molecule has 11 nitrogen and oxygen atoms in total. The summed E-state index contributed by atoms with van der Waals surface area (Å²) in [6.45, 7) is 2.52. The maximum atomic E-state index is 14.0. The fourth-order valence-electron chi connectivity index (χ4n) is 7.28. The Bertz CT molecular complexity index is 1470. The van der Waals surface area contributed by atoms with Crippen LogP contribution in [0.25, 0.3) is 0 Å². The van der Waals surface area contributed by atoms with Crippen LogP contribution in [0.15, 0.2) is 42.5 Å². The van der Waals surface area contributed by atoms with Gasteiger partial charge >= 0.3 is 0 Å². The zero-order chi connectivity index (χ0) is 30.7. The third kappa shape index (κ3) is 4.30. The van der Waals surface area contributed by atoms with Gasteiger partial charge in [-0.3, -0.25) is 28.9 Å². The standard InChI is InChI=1S/C31H35N3O8/c1-14-17-10-9-16(13-33-12-11-15-7-5-4-6-8-15)24(35)19(17)25(36)20-18(14)26(37)22-23(34(2)3)27(38)21(30(32)41)29(40)31(22,42)28(20)39/h4-10,14,18,20-23,26,33,35,37,42H,11-13H2,1-3H3,(H2,32,41)/t14-,18+,20?,21?,22+,23-,26-,31-/m1/s1. The minimum atomic E-state index is -3.01. The summed E-state index contributed by atoms with van der Waals surface area (Å²) >= 11 is 0.